The second-order valence-electron chi connectivity index (χ2n) is 10.6. The van der Waals surface area contributed by atoms with Crippen LogP contribution in [0.3, 0.4) is 0 Å². The van der Waals surface area contributed by atoms with Crippen molar-refractivity contribution in [2.24, 2.45) is 11.8 Å². The Labute approximate surface area is 206 Å². The molecule has 35 heavy (non-hydrogen) atoms. The zero-order valence-corrected chi connectivity index (χ0v) is 20.9. The molecule has 6 aliphatic rings. The first-order valence-corrected chi connectivity index (χ1v) is 12.2. The molecule has 0 aromatic heterocycles. The van der Waals surface area contributed by atoms with Crippen LogP contribution in [-0.4, -0.2) is 85.1 Å². The van der Waals surface area contributed by atoms with Crippen LogP contribution < -0.4 is 14.4 Å². The van der Waals surface area contributed by atoms with Crippen molar-refractivity contribution in [1.82, 2.24) is 4.90 Å². The third-order valence-electron chi connectivity index (χ3n) is 8.81. The zero-order valence-electron chi connectivity index (χ0n) is 20.9. The molecule has 9 nitrogen and oxygen atoms in total. The van der Waals surface area contributed by atoms with Crippen molar-refractivity contribution in [2.75, 3.05) is 38.8 Å². The van der Waals surface area contributed by atoms with E-state index in [-0.39, 0.29) is 40.5 Å². The molecule has 1 aromatic rings. The van der Waals surface area contributed by atoms with Crippen molar-refractivity contribution in [3.8, 4) is 11.5 Å². The van der Waals surface area contributed by atoms with Gasteiger partial charge in [0.25, 0.3) is 0 Å². The molecule has 1 aromatic carbocycles. The number of ether oxygens (including phenoxy) is 3. The molecular formula is C26H38N2O7. The van der Waals surface area contributed by atoms with Crippen LogP contribution in [0, 0.1) is 11.8 Å². The van der Waals surface area contributed by atoms with Gasteiger partial charge in [0.15, 0.2) is 11.5 Å². The number of hydrogen-bond acceptors (Lipinski definition) is 6. The summed E-state index contributed by atoms with van der Waals surface area (Å²) < 4.78 is 17.6. The number of benzene rings is 1. The number of carbonyl (C=O) groups is 1. The summed E-state index contributed by atoms with van der Waals surface area (Å²) >= 11 is 0. The maximum absolute atomic E-state index is 13.5. The van der Waals surface area contributed by atoms with Gasteiger partial charge in [-0.25, -0.2) is 0 Å². The number of hydrogen-bond donors (Lipinski definition) is 1. The van der Waals surface area contributed by atoms with E-state index < -0.39 is 0 Å². The molecule has 3 saturated heterocycles. The number of anilines is 1. The van der Waals surface area contributed by atoms with E-state index in [1.165, 1.54) is 12.0 Å². The molecule has 4 fully saturated rings. The second kappa shape index (κ2) is 9.05. The van der Waals surface area contributed by atoms with Crippen molar-refractivity contribution in [2.45, 2.75) is 62.8 Å². The van der Waals surface area contributed by atoms with E-state index in [0.29, 0.717) is 36.7 Å². The zero-order chi connectivity index (χ0) is 23.1. The van der Waals surface area contributed by atoms with E-state index >= 15 is 0 Å². The van der Waals surface area contributed by atoms with Crippen molar-refractivity contribution < 1.29 is 35.1 Å². The van der Waals surface area contributed by atoms with Crippen molar-refractivity contribution in [3.63, 3.8) is 0 Å². The van der Waals surface area contributed by atoms with Gasteiger partial charge in [0.1, 0.15) is 0 Å². The predicted octanol–water partition coefficient (Wildman–Crippen LogP) is 0.847. The Kier molecular flexibility index (Phi) is 6.70. The normalized spacial score (nSPS) is 35.0. The Morgan fingerprint density at radius 1 is 1.17 bits per heavy atom. The fourth-order valence-corrected chi connectivity index (χ4v) is 7.87. The Morgan fingerprint density at radius 2 is 1.86 bits per heavy atom. The molecule has 2 bridgehead atoms. The van der Waals surface area contributed by atoms with E-state index in [4.69, 9.17) is 19.3 Å². The molecule has 194 valence electrons. The van der Waals surface area contributed by atoms with Crippen LogP contribution in [0.2, 0.25) is 0 Å². The summed E-state index contributed by atoms with van der Waals surface area (Å²) in [6.07, 6.45) is 4.94. The fraction of sp³-hybridized carbons (Fsp3) is 0.654. The van der Waals surface area contributed by atoms with Gasteiger partial charge in [-0.3, -0.25) is 9.69 Å². The van der Waals surface area contributed by atoms with Gasteiger partial charge in [0.05, 0.1) is 45.1 Å². The lowest BCUT2D eigenvalue weighted by Gasteiger charge is -2.58. The van der Waals surface area contributed by atoms with Gasteiger partial charge in [0.2, 0.25) is 5.91 Å². The van der Waals surface area contributed by atoms with Crippen LogP contribution in [0.5, 0.6) is 11.5 Å². The highest BCUT2D eigenvalue weighted by Crippen LogP contribution is 2.66. The number of piperidine rings is 2. The topological polar surface area (TPSA) is 134 Å². The summed E-state index contributed by atoms with van der Waals surface area (Å²) in [7, 11) is 3.36. The SMILES string of the molecule is CC(C)O.COc1cc2c(cc1OC)[C@@]13CCN4CC5=CCO[C@H]6CC(=O)N2[C@H]1[C@H]6[C@H]5C[C@H]43.O.O. The van der Waals surface area contributed by atoms with E-state index in [1.54, 1.807) is 33.6 Å². The number of carbonyl (C=O) groups excluding carboxylic acids is 1. The average molecular weight is 491 g/mol. The maximum atomic E-state index is 13.5. The summed E-state index contributed by atoms with van der Waals surface area (Å²) in [5, 5.41) is 8.06. The number of rotatable bonds is 2. The molecule has 1 saturated carbocycles. The van der Waals surface area contributed by atoms with Crippen LogP contribution in [-0.2, 0) is 14.9 Å². The molecule has 0 radical (unpaired) electrons. The lowest BCUT2D eigenvalue weighted by molar-refractivity contribution is -0.132. The van der Waals surface area contributed by atoms with E-state index in [9.17, 15) is 4.79 Å². The first kappa shape index (κ1) is 25.9. The quantitative estimate of drug-likeness (QED) is 0.611. The Balaban J connectivity index is 0.000000451. The molecule has 1 amide bonds. The summed E-state index contributed by atoms with van der Waals surface area (Å²) in [4.78, 5) is 18.3. The van der Waals surface area contributed by atoms with Crippen molar-refractivity contribution in [3.05, 3.63) is 29.3 Å². The Bertz CT molecular complexity index is 1020. The molecule has 5 heterocycles. The lowest BCUT2D eigenvalue weighted by atomic mass is 9.53. The van der Waals surface area contributed by atoms with Crippen molar-refractivity contribution in [1.29, 1.82) is 0 Å². The van der Waals surface area contributed by atoms with Gasteiger partial charge in [0, 0.05) is 36.1 Å². The first-order chi connectivity index (χ1) is 15.9. The van der Waals surface area contributed by atoms with E-state index in [2.05, 4.69) is 21.9 Å². The number of aliphatic hydroxyl groups excluding tert-OH is 1. The number of nitrogens with zero attached hydrogens (tertiary/aromatic N) is 2. The standard InChI is InChI=1S/C23H26N2O4.C3H8O.2H2O/c1-27-16-8-14-15(9-17(16)28-2)25-20(26)10-18-21-13-7-19-23(14,22(21)25)4-5-24(19)11-12(13)3-6-29-18;1-3(2)4;;/h3,8-9,13,18-19,21-22H,4-7,10-11H2,1-2H3;3-4H,1-2H3;2*1H2/t13-,18-,19-,21-,22-,23+;;;/m0.../s1. The molecule has 9 heteroatoms. The molecule has 5 N–H and O–H groups in total. The number of methoxy groups -OCH3 is 2. The van der Waals surface area contributed by atoms with Crippen LogP contribution in [0.15, 0.2) is 23.8 Å². The molecule has 6 atom stereocenters. The minimum absolute atomic E-state index is 0. The summed E-state index contributed by atoms with van der Waals surface area (Å²) in [5.41, 5.74) is 3.85. The van der Waals surface area contributed by atoms with Gasteiger partial charge in [-0.05, 0) is 50.8 Å². The summed E-state index contributed by atoms with van der Waals surface area (Å²) in [5.74, 6) is 2.57. The Hall–Kier alpha value is -2.17. The van der Waals surface area contributed by atoms with E-state index in [1.807, 2.05) is 6.07 Å². The van der Waals surface area contributed by atoms with Crippen LogP contribution in [0.25, 0.3) is 0 Å². The first-order valence-electron chi connectivity index (χ1n) is 12.2. The molecule has 1 spiro atoms. The molecular weight excluding hydrogens is 452 g/mol. The number of fused-ring (bicyclic) bond motifs is 2. The maximum Gasteiger partial charge on any atom is 0.229 e. The summed E-state index contributed by atoms with van der Waals surface area (Å²) in [6, 6.07) is 4.87. The lowest BCUT2D eigenvalue weighted by Crippen LogP contribution is -2.69. The van der Waals surface area contributed by atoms with Gasteiger partial charge in [-0.1, -0.05) is 11.6 Å². The second-order valence-corrected chi connectivity index (χ2v) is 10.6. The minimum Gasteiger partial charge on any atom is -0.493 e. The molecule has 1 aliphatic carbocycles. The smallest absolute Gasteiger partial charge is 0.229 e. The average Bonchev–Trinajstić information content (AvgIpc) is 3.25. The van der Waals surface area contributed by atoms with E-state index in [0.717, 1.165) is 30.9 Å². The highest BCUT2D eigenvalue weighted by molar-refractivity contribution is 5.99. The van der Waals surface area contributed by atoms with Crippen LogP contribution >= 0.6 is 0 Å². The minimum atomic E-state index is -0.167. The monoisotopic (exact) mass is 490 g/mol. The highest BCUT2D eigenvalue weighted by atomic mass is 16.5. The highest BCUT2D eigenvalue weighted by Gasteiger charge is 2.71. The van der Waals surface area contributed by atoms with Crippen LogP contribution in [0.4, 0.5) is 5.69 Å². The van der Waals surface area contributed by atoms with Gasteiger partial charge in [-0.15, -0.1) is 0 Å². The summed E-state index contributed by atoms with van der Waals surface area (Å²) in [6.45, 7) is 6.25. The molecule has 7 rings (SSSR count). The molecule has 0 unspecified atom stereocenters. The fourth-order valence-electron chi connectivity index (χ4n) is 7.87. The number of aliphatic hydroxyl groups is 1. The van der Waals surface area contributed by atoms with Crippen molar-refractivity contribution >= 4 is 11.6 Å². The third-order valence-corrected chi connectivity index (χ3v) is 8.81. The largest absolute Gasteiger partial charge is 0.493 e. The molecule has 5 aliphatic heterocycles. The van der Waals surface area contributed by atoms with Gasteiger partial charge in [-0.2, -0.15) is 0 Å². The number of amides is 1. The van der Waals surface area contributed by atoms with Crippen LogP contribution in [0.1, 0.15) is 38.7 Å². The Morgan fingerprint density at radius 3 is 2.54 bits per heavy atom. The predicted molar refractivity (Wildman–Crippen MR) is 131 cm³/mol. The third kappa shape index (κ3) is 3.36. The van der Waals surface area contributed by atoms with Gasteiger partial charge >= 0.3 is 0 Å². The van der Waals surface area contributed by atoms with Gasteiger partial charge < -0.3 is 35.2 Å².